The monoisotopic (exact) mass is 293 g/mol. The standard InChI is InChI=1S/C13H22F3N3O/c1-19-6-2-3-10(8-19)18-12(20)11-5-4-9(7-17-11)13(14,15)16/h9-11,17H,2-8H2,1H3,(H,18,20). The van der Waals surface area contributed by atoms with E-state index in [1.165, 1.54) is 0 Å². The zero-order valence-electron chi connectivity index (χ0n) is 11.7. The third kappa shape index (κ3) is 4.09. The van der Waals surface area contributed by atoms with Crippen LogP contribution in [0.5, 0.6) is 0 Å². The molecule has 4 nitrogen and oxygen atoms in total. The van der Waals surface area contributed by atoms with Crippen molar-refractivity contribution in [3.63, 3.8) is 0 Å². The largest absolute Gasteiger partial charge is 0.393 e. The van der Waals surface area contributed by atoms with Gasteiger partial charge in [0, 0.05) is 19.1 Å². The third-order valence-corrected chi connectivity index (χ3v) is 4.16. The van der Waals surface area contributed by atoms with Gasteiger partial charge in [0.2, 0.25) is 5.91 Å². The molecule has 0 aliphatic carbocycles. The van der Waals surface area contributed by atoms with Crippen molar-refractivity contribution < 1.29 is 18.0 Å². The second kappa shape index (κ2) is 6.30. The van der Waals surface area contributed by atoms with Crippen molar-refractivity contribution in [3.05, 3.63) is 0 Å². The first-order valence-electron chi connectivity index (χ1n) is 7.15. The number of rotatable bonds is 2. The Hall–Kier alpha value is -0.820. The van der Waals surface area contributed by atoms with Gasteiger partial charge in [0.05, 0.1) is 12.0 Å². The molecule has 2 saturated heterocycles. The van der Waals surface area contributed by atoms with E-state index in [4.69, 9.17) is 0 Å². The van der Waals surface area contributed by atoms with Gasteiger partial charge in [-0.25, -0.2) is 0 Å². The number of carbonyl (C=O) groups is 1. The fourth-order valence-corrected chi connectivity index (χ4v) is 2.95. The highest BCUT2D eigenvalue weighted by atomic mass is 19.4. The van der Waals surface area contributed by atoms with E-state index in [0.717, 1.165) is 25.9 Å². The zero-order valence-corrected chi connectivity index (χ0v) is 11.7. The van der Waals surface area contributed by atoms with Crippen LogP contribution in [0.4, 0.5) is 13.2 Å². The minimum absolute atomic E-state index is 0.0269. The number of likely N-dealkylation sites (N-methyl/N-ethyl adjacent to an activating group) is 1. The van der Waals surface area contributed by atoms with E-state index in [0.29, 0.717) is 0 Å². The van der Waals surface area contributed by atoms with E-state index in [1.54, 1.807) is 0 Å². The van der Waals surface area contributed by atoms with Gasteiger partial charge in [0.25, 0.3) is 0 Å². The van der Waals surface area contributed by atoms with Crippen LogP contribution in [-0.2, 0) is 4.79 Å². The molecule has 2 aliphatic rings. The molecule has 116 valence electrons. The Labute approximate surface area is 117 Å². The molecule has 2 N–H and O–H groups in total. The average Bonchev–Trinajstić information content (AvgIpc) is 2.38. The molecule has 0 radical (unpaired) electrons. The first-order chi connectivity index (χ1) is 9.36. The van der Waals surface area contributed by atoms with Crippen LogP contribution in [0.3, 0.4) is 0 Å². The molecule has 0 bridgehead atoms. The van der Waals surface area contributed by atoms with Crippen LogP contribution >= 0.6 is 0 Å². The van der Waals surface area contributed by atoms with Crippen molar-refractivity contribution in [2.24, 2.45) is 5.92 Å². The summed E-state index contributed by atoms with van der Waals surface area (Å²) in [5.74, 6) is -1.49. The SMILES string of the molecule is CN1CCCC(NC(=O)C2CCC(C(F)(F)F)CN2)C1. The number of halogens is 3. The molecule has 20 heavy (non-hydrogen) atoms. The van der Waals surface area contributed by atoms with Crippen LogP contribution in [0.15, 0.2) is 0 Å². The Morgan fingerprint density at radius 1 is 1.30 bits per heavy atom. The lowest BCUT2D eigenvalue weighted by atomic mass is 9.93. The lowest BCUT2D eigenvalue weighted by Gasteiger charge is -2.34. The van der Waals surface area contributed by atoms with Gasteiger partial charge in [0.1, 0.15) is 0 Å². The molecule has 2 fully saturated rings. The van der Waals surface area contributed by atoms with Crippen LogP contribution in [0.25, 0.3) is 0 Å². The molecule has 3 atom stereocenters. The number of alkyl halides is 3. The number of nitrogens with one attached hydrogen (secondary N) is 2. The molecule has 2 aliphatic heterocycles. The van der Waals surface area contributed by atoms with E-state index in [1.807, 2.05) is 7.05 Å². The summed E-state index contributed by atoms with van der Waals surface area (Å²) in [7, 11) is 2.01. The van der Waals surface area contributed by atoms with Crippen molar-refractivity contribution in [3.8, 4) is 0 Å². The van der Waals surface area contributed by atoms with Crippen LogP contribution in [0, 0.1) is 5.92 Å². The first kappa shape index (κ1) is 15.6. The first-order valence-corrected chi connectivity index (χ1v) is 7.15. The fraction of sp³-hybridized carbons (Fsp3) is 0.923. The smallest absolute Gasteiger partial charge is 0.351 e. The molecule has 2 heterocycles. The summed E-state index contributed by atoms with van der Waals surface area (Å²) >= 11 is 0. The molecule has 0 saturated carbocycles. The average molecular weight is 293 g/mol. The van der Waals surface area contributed by atoms with Crippen LogP contribution in [0.2, 0.25) is 0 Å². The Balaban J connectivity index is 1.77. The number of piperidine rings is 2. The van der Waals surface area contributed by atoms with Crippen molar-refractivity contribution in [1.82, 2.24) is 15.5 Å². The molecule has 0 spiro atoms. The number of nitrogens with zero attached hydrogens (tertiary/aromatic N) is 1. The molecule has 0 aromatic heterocycles. The van der Waals surface area contributed by atoms with Crippen molar-refractivity contribution in [2.75, 3.05) is 26.7 Å². The van der Waals surface area contributed by atoms with E-state index < -0.39 is 18.1 Å². The van der Waals surface area contributed by atoms with E-state index in [-0.39, 0.29) is 31.3 Å². The van der Waals surface area contributed by atoms with Gasteiger partial charge < -0.3 is 15.5 Å². The molecule has 0 aromatic carbocycles. The maximum Gasteiger partial charge on any atom is 0.393 e. The lowest BCUT2D eigenvalue weighted by molar-refractivity contribution is -0.180. The summed E-state index contributed by atoms with van der Waals surface area (Å²) < 4.78 is 37.6. The molecule has 0 aromatic rings. The second-order valence-electron chi connectivity index (χ2n) is 5.89. The van der Waals surface area contributed by atoms with Crippen molar-refractivity contribution >= 4 is 5.91 Å². The summed E-state index contributed by atoms with van der Waals surface area (Å²) in [4.78, 5) is 14.2. The predicted octanol–water partition coefficient (Wildman–Crippen LogP) is 1.13. The highest BCUT2D eigenvalue weighted by Gasteiger charge is 2.42. The number of amides is 1. The van der Waals surface area contributed by atoms with Crippen LogP contribution in [0.1, 0.15) is 25.7 Å². The Bertz CT molecular complexity index is 340. The predicted molar refractivity (Wildman–Crippen MR) is 69.2 cm³/mol. The van der Waals surface area contributed by atoms with Crippen LogP contribution in [-0.4, -0.2) is 55.7 Å². The Morgan fingerprint density at radius 3 is 2.60 bits per heavy atom. The van der Waals surface area contributed by atoms with E-state index in [2.05, 4.69) is 15.5 Å². The topological polar surface area (TPSA) is 44.4 Å². The maximum absolute atomic E-state index is 12.5. The van der Waals surface area contributed by atoms with Gasteiger partial charge in [0.15, 0.2) is 0 Å². The minimum Gasteiger partial charge on any atom is -0.351 e. The Kier molecular flexibility index (Phi) is 4.90. The third-order valence-electron chi connectivity index (χ3n) is 4.16. The van der Waals surface area contributed by atoms with Gasteiger partial charge in [-0.15, -0.1) is 0 Å². The highest BCUT2D eigenvalue weighted by molar-refractivity contribution is 5.82. The summed E-state index contributed by atoms with van der Waals surface area (Å²) in [6.45, 7) is 1.68. The number of carbonyl (C=O) groups excluding carboxylic acids is 1. The van der Waals surface area contributed by atoms with Crippen LogP contribution < -0.4 is 10.6 Å². The maximum atomic E-state index is 12.5. The fourth-order valence-electron chi connectivity index (χ4n) is 2.95. The van der Waals surface area contributed by atoms with E-state index in [9.17, 15) is 18.0 Å². The van der Waals surface area contributed by atoms with Gasteiger partial charge in [-0.05, 0) is 39.3 Å². The van der Waals surface area contributed by atoms with Gasteiger partial charge >= 0.3 is 6.18 Å². The molecular formula is C13H22F3N3O. The molecule has 3 unspecified atom stereocenters. The number of hydrogen-bond donors (Lipinski definition) is 2. The molecule has 2 rings (SSSR count). The highest BCUT2D eigenvalue weighted by Crippen LogP contribution is 2.31. The normalized spacial score (nSPS) is 32.9. The zero-order chi connectivity index (χ0) is 14.8. The van der Waals surface area contributed by atoms with E-state index >= 15 is 0 Å². The quantitative estimate of drug-likeness (QED) is 0.802. The van der Waals surface area contributed by atoms with Gasteiger partial charge in [-0.3, -0.25) is 4.79 Å². The summed E-state index contributed by atoms with van der Waals surface area (Å²) in [5, 5.41) is 5.68. The molecule has 1 amide bonds. The molecular weight excluding hydrogens is 271 g/mol. The molecule has 7 heteroatoms. The second-order valence-corrected chi connectivity index (χ2v) is 5.89. The summed E-state index contributed by atoms with van der Waals surface area (Å²) in [6.07, 6.45) is -1.91. The summed E-state index contributed by atoms with van der Waals surface area (Å²) in [5.41, 5.74) is 0. The van der Waals surface area contributed by atoms with Gasteiger partial charge in [-0.1, -0.05) is 0 Å². The Morgan fingerprint density at radius 2 is 2.05 bits per heavy atom. The minimum atomic E-state index is -4.17. The van der Waals surface area contributed by atoms with Crippen molar-refractivity contribution in [2.45, 2.75) is 43.9 Å². The lowest BCUT2D eigenvalue weighted by Crippen LogP contribution is -2.55. The van der Waals surface area contributed by atoms with Crippen molar-refractivity contribution in [1.29, 1.82) is 0 Å². The number of hydrogen-bond acceptors (Lipinski definition) is 3. The van der Waals surface area contributed by atoms with Gasteiger partial charge in [-0.2, -0.15) is 13.2 Å². The number of likely N-dealkylation sites (tertiary alicyclic amines) is 1. The summed E-state index contributed by atoms with van der Waals surface area (Å²) in [6, 6.07) is -0.371.